The molecule has 0 amide bonds. The Balaban J connectivity index is 2.26. The van der Waals surface area contributed by atoms with Crippen LogP contribution in [0.25, 0.3) is 0 Å². The second-order valence-corrected chi connectivity index (χ2v) is 8.00. The van der Waals surface area contributed by atoms with Crippen molar-refractivity contribution in [3.8, 4) is 0 Å². The summed E-state index contributed by atoms with van der Waals surface area (Å²) in [6, 6.07) is 3.44. The predicted octanol–water partition coefficient (Wildman–Crippen LogP) is 5.50. The lowest BCUT2D eigenvalue weighted by Crippen LogP contribution is -2.14. The number of carbonyl (C=O) groups excluding carboxylic acids is 1. The van der Waals surface area contributed by atoms with Gasteiger partial charge in [-0.05, 0) is 24.0 Å². The third-order valence-corrected chi connectivity index (χ3v) is 5.34. The topological polar surface area (TPSA) is 33.2 Å². The van der Waals surface area contributed by atoms with Gasteiger partial charge in [0.05, 0.1) is 10.6 Å². The smallest absolute Gasteiger partial charge is 0.191 e. The minimum absolute atomic E-state index is 0.0692. The van der Waals surface area contributed by atoms with Crippen molar-refractivity contribution in [1.29, 1.82) is 0 Å². The van der Waals surface area contributed by atoms with Crippen LogP contribution in [0, 0.1) is 5.41 Å². The van der Waals surface area contributed by atoms with Crippen LogP contribution in [0.1, 0.15) is 50.9 Å². The summed E-state index contributed by atoms with van der Waals surface area (Å²) in [5.74, 6) is -0.101. The van der Waals surface area contributed by atoms with E-state index in [4.69, 9.17) is 11.6 Å². The maximum absolute atomic E-state index is 12.5. The van der Waals surface area contributed by atoms with Crippen molar-refractivity contribution in [3.05, 3.63) is 51.3 Å². The van der Waals surface area contributed by atoms with Crippen LogP contribution in [0.5, 0.6) is 0 Å². The molecule has 1 aliphatic rings. The quantitative estimate of drug-likeness (QED) is 0.399. The molecule has 1 aliphatic heterocycles. The van der Waals surface area contributed by atoms with Gasteiger partial charge in [0, 0.05) is 29.9 Å². The number of ketones is 1. The van der Waals surface area contributed by atoms with Crippen LogP contribution in [-0.2, 0) is 0 Å². The van der Waals surface area contributed by atoms with Gasteiger partial charge in [0.15, 0.2) is 5.78 Å². The van der Waals surface area contributed by atoms with E-state index in [1.165, 1.54) is 4.91 Å². The predicted molar refractivity (Wildman–Crippen MR) is 98.4 cm³/mol. The fourth-order valence-electron chi connectivity index (χ4n) is 2.12. The van der Waals surface area contributed by atoms with Gasteiger partial charge in [0.25, 0.3) is 0 Å². The van der Waals surface area contributed by atoms with E-state index in [-0.39, 0.29) is 16.4 Å². The molecule has 0 unspecified atom stereocenters. The molecule has 2 heterocycles. The number of carbonyl (C=O) groups is 1. The van der Waals surface area contributed by atoms with E-state index in [0.29, 0.717) is 5.56 Å². The van der Waals surface area contributed by atoms with E-state index < -0.39 is 0 Å². The number of aromatic nitrogens is 1. The Kier molecular flexibility index (Phi) is 5.93. The number of hydrogen-bond acceptors (Lipinski definition) is 4. The Labute approximate surface area is 147 Å². The molecule has 2 rings (SSSR count). The number of unbranched alkanes of at least 4 members (excludes halogenated alkanes) is 1. The van der Waals surface area contributed by atoms with E-state index >= 15 is 0 Å². The molecular formula is C18H23ClN2OS. The van der Waals surface area contributed by atoms with Crippen molar-refractivity contribution in [2.24, 2.45) is 5.41 Å². The zero-order valence-electron chi connectivity index (χ0n) is 14.1. The third-order valence-electron chi connectivity index (χ3n) is 3.54. The maximum atomic E-state index is 12.5. The van der Waals surface area contributed by atoms with E-state index in [0.717, 1.165) is 24.4 Å². The molecule has 1 aromatic heterocycles. The number of hydrogen-bond donors (Lipinski definition) is 0. The highest BCUT2D eigenvalue weighted by Crippen LogP contribution is 2.45. The zero-order valence-corrected chi connectivity index (χ0v) is 15.7. The van der Waals surface area contributed by atoms with Crippen molar-refractivity contribution >= 4 is 29.1 Å². The summed E-state index contributed by atoms with van der Waals surface area (Å²) in [6.45, 7) is 9.65. The van der Waals surface area contributed by atoms with E-state index in [9.17, 15) is 4.79 Å². The Morgan fingerprint density at radius 1 is 1.43 bits per heavy atom. The van der Waals surface area contributed by atoms with Gasteiger partial charge < -0.3 is 4.90 Å². The van der Waals surface area contributed by atoms with Crippen LogP contribution in [0.15, 0.2) is 40.5 Å². The van der Waals surface area contributed by atoms with Crippen molar-refractivity contribution in [2.75, 3.05) is 6.54 Å². The second kappa shape index (κ2) is 7.54. The summed E-state index contributed by atoms with van der Waals surface area (Å²) in [5, 5.41) is 1.22. The number of allylic oxidation sites excluding steroid dienone is 2. The van der Waals surface area contributed by atoms with Crippen LogP contribution in [-0.4, -0.2) is 22.2 Å². The second-order valence-electron chi connectivity index (χ2n) is 6.58. The van der Waals surface area contributed by atoms with Crippen LogP contribution in [0.4, 0.5) is 0 Å². The first-order valence-electron chi connectivity index (χ1n) is 7.86. The molecule has 0 saturated carbocycles. The normalized spacial score (nSPS) is 16.8. The highest BCUT2D eigenvalue weighted by atomic mass is 35.5. The largest absolute Gasteiger partial charge is 0.342 e. The van der Waals surface area contributed by atoms with Gasteiger partial charge in [-0.3, -0.25) is 4.79 Å². The van der Waals surface area contributed by atoms with Crippen molar-refractivity contribution in [1.82, 2.24) is 9.88 Å². The van der Waals surface area contributed by atoms with E-state index in [2.05, 4.69) is 43.8 Å². The highest BCUT2D eigenvalue weighted by Gasteiger charge is 2.28. The molecule has 0 spiro atoms. The summed E-state index contributed by atoms with van der Waals surface area (Å²) in [7, 11) is 0. The van der Waals surface area contributed by atoms with Crippen molar-refractivity contribution in [3.63, 3.8) is 0 Å². The molecule has 3 nitrogen and oxygen atoms in total. The first kappa shape index (κ1) is 18.1. The summed E-state index contributed by atoms with van der Waals surface area (Å²) in [5.41, 5.74) is 0.515. The van der Waals surface area contributed by atoms with Crippen LogP contribution in [0.2, 0.25) is 5.15 Å². The SMILES string of the molecule is CCCCN1C=C(C(C)(C)C)S/C1=C\C(=O)c1cccnc1Cl. The first-order valence-corrected chi connectivity index (χ1v) is 9.05. The standard InChI is InChI=1S/C18H23ClN2OS/c1-5-6-10-21-12-15(18(2,3)4)23-16(21)11-14(22)13-8-7-9-20-17(13)19/h7-9,11-12H,5-6,10H2,1-4H3/b16-11-. The van der Waals surface area contributed by atoms with Gasteiger partial charge in [-0.2, -0.15) is 0 Å². The Bertz CT molecular complexity index is 647. The van der Waals surface area contributed by atoms with Crippen LogP contribution in [0.3, 0.4) is 0 Å². The average molecular weight is 351 g/mol. The van der Waals surface area contributed by atoms with Crippen LogP contribution < -0.4 is 0 Å². The molecule has 23 heavy (non-hydrogen) atoms. The molecule has 0 atom stereocenters. The van der Waals surface area contributed by atoms with Crippen LogP contribution >= 0.6 is 23.4 Å². The number of thioether (sulfide) groups is 1. The molecule has 0 saturated heterocycles. The first-order chi connectivity index (χ1) is 10.8. The van der Waals surface area contributed by atoms with Gasteiger partial charge >= 0.3 is 0 Å². The zero-order chi connectivity index (χ0) is 17.0. The molecule has 0 bridgehead atoms. The lowest BCUT2D eigenvalue weighted by Gasteiger charge is -2.17. The summed E-state index contributed by atoms with van der Waals surface area (Å²) >= 11 is 7.70. The monoisotopic (exact) mass is 350 g/mol. The van der Waals surface area contributed by atoms with Gasteiger partial charge in [-0.25, -0.2) is 4.98 Å². The van der Waals surface area contributed by atoms with Gasteiger partial charge in [0.2, 0.25) is 0 Å². The minimum atomic E-state index is -0.101. The number of rotatable bonds is 5. The Morgan fingerprint density at radius 3 is 2.78 bits per heavy atom. The highest BCUT2D eigenvalue weighted by molar-refractivity contribution is 8.07. The molecule has 0 aliphatic carbocycles. The summed E-state index contributed by atoms with van der Waals surface area (Å²) < 4.78 is 0. The molecule has 0 aromatic carbocycles. The Hall–Kier alpha value is -1.26. The molecule has 5 heteroatoms. The molecule has 0 fully saturated rings. The van der Waals surface area contributed by atoms with Crippen molar-refractivity contribution < 1.29 is 4.79 Å². The van der Waals surface area contributed by atoms with Crippen molar-refractivity contribution in [2.45, 2.75) is 40.5 Å². The lowest BCUT2D eigenvalue weighted by molar-refractivity contribution is 0.104. The lowest BCUT2D eigenvalue weighted by atomic mass is 9.96. The number of pyridine rings is 1. The van der Waals surface area contributed by atoms with E-state index in [1.54, 1.807) is 36.2 Å². The number of halogens is 1. The van der Waals surface area contributed by atoms with Gasteiger partial charge in [0.1, 0.15) is 5.15 Å². The Morgan fingerprint density at radius 2 is 2.17 bits per heavy atom. The molecular weight excluding hydrogens is 328 g/mol. The third kappa shape index (κ3) is 4.61. The van der Waals surface area contributed by atoms with Gasteiger partial charge in [-0.1, -0.05) is 57.5 Å². The fourth-order valence-corrected chi connectivity index (χ4v) is 3.48. The van der Waals surface area contributed by atoms with E-state index in [1.807, 2.05) is 0 Å². The molecule has 0 N–H and O–H groups in total. The van der Waals surface area contributed by atoms with Gasteiger partial charge in [-0.15, -0.1) is 0 Å². The minimum Gasteiger partial charge on any atom is -0.342 e. The molecule has 0 radical (unpaired) electrons. The molecule has 1 aromatic rings. The maximum Gasteiger partial charge on any atom is 0.191 e. The molecule has 124 valence electrons. The summed E-state index contributed by atoms with van der Waals surface area (Å²) in [6.07, 6.45) is 7.65. The average Bonchev–Trinajstić information content (AvgIpc) is 2.88. The fraction of sp³-hybridized carbons (Fsp3) is 0.444. The summed E-state index contributed by atoms with van der Waals surface area (Å²) in [4.78, 5) is 20.0. The number of nitrogens with zero attached hydrogens (tertiary/aromatic N) is 2.